The maximum atomic E-state index is 12.1. The fraction of sp³-hybridized carbons (Fsp3) is 0.895. The monoisotopic (exact) mass is 452 g/mol. The summed E-state index contributed by atoms with van der Waals surface area (Å²) < 4.78 is 38.8. The average molecular weight is 453 g/mol. The molecule has 7 nitrogen and oxygen atoms in total. The summed E-state index contributed by atoms with van der Waals surface area (Å²) in [4.78, 5) is 22.7. The first-order chi connectivity index (χ1) is 12.7. The molecule has 0 saturated heterocycles. The van der Waals surface area contributed by atoms with E-state index >= 15 is 0 Å². The van der Waals surface area contributed by atoms with E-state index in [9.17, 15) is 27.7 Å². The fourth-order valence-electron chi connectivity index (χ4n) is 2.91. The number of carboxylic acids is 1. The molecule has 0 aromatic rings. The molecule has 29 heavy (non-hydrogen) atoms. The number of carbonyl (C=O) groups is 2. The summed E-state index contributed by atoms with van der Waals surface area (Å²) in [5.74, 6) is -3.05. The van der Waals surface area contributed by atoms with Crippen molar-refractivity contribution in [3.63, 3.8) is 0 Å². The van der Waals surface area contributed by atoms with Crippen LogP contribution in [0, 0.1) is 0 Å². The standard InChI is InChI=1S/C19H36O7S.2Na/c1-3-5-7-8-9-10-12-14-16(13-11-6-4-2)26-19(22)17(15-18(20)21)27(23,24)25;;/h16-17H,3-15H2,1-2H3,(H,20,21)(H,23,24,25);;/q;2*+1/p-2. The molecule has 2 unspecified atom stereocenters. The number of hydrogen-bond donors (Lipinski definition) is 0. The molecule has 0 bridgehead atoms. The Balaban J connectivity index is -0.00000338. The van der Waals surface area contributed by atoms with Crippen molar-refractivity contribution in [2.45, 2.75) is 109 Å². The van der Waals surface area contributed by atoms with E-state index in [4.69, 9.17) is 4.74 Å². The Bertz CT molecular complexity index is 527. The third-order valence-corrected chi connectivity index (χ3v) is 5.56. The predicted molar refractivity (Wildman–Crippen MR) is 99.7 cm³/mol. The van der Waals surface area contributed by atoms with Gasteiger partial charge in [0.15, 0.2) is 5.25 Å². The number of unbranched alkanes of at least 4 members (excludes halogenated alkanes) is 8. The second kappa shape index (κ2) is 20.7. The van der Waals surface area contributed by atoms with Crippen LogP contribution >= 0.6 is 0 Å². The van der Waals surface area contributed by atoms with Crippen molar-refractivity contribution in [2.24, 2.45) is 0 Å². The zero-order chi connectivity index (χ0) is 20.7. The molecule has 0 aromatic carbocycles. The zero-order valence-corrected chi connectivity index (χ0v) is 23.4. The number of rotatable bonds is 17. The van der Waals surface area contributed by atoms with Crippen LogP contribution in [-0.4, -0.2) is 36.3 Å². The summed E-state index contributed by atoms with van der Waals surface area (Å²) in [6.45, 7) is 4.20. The second-order valence-corrected chi connectivity index (χ2v) is 8.58. The topological polar surface area (TPSA) is 124 Å². The Morgan fingerprint density at radius 3 is 1.69 bits per heavy atom. The molecule has 0 heterocycles. The van der Waals surface area contributed by atoms with Crippen molar-refractivity contribution in [1.82, 2.24) is 0 Å². The number of aliphatic carboxylic acids is 1. The molecule has 0 spiro atoms. The number of esters is 1. The Hall–Kier alpha value is 0.850. The fourth-order valence-corrected chi connectivity index (χ4v) is 3.54. The van der Waals surface area contributed by atoms with Crippen molar-refractivity contribution in [2.75, 3.05) is 0 Å². The summed E-state index contributed by atoms with van der Waals surface area (Å²) in [6.07, 6.45) is 9.95. The molecule has 0 saturated carbocycles. The molecule has 0 rings (SSSR count). The number of hydrogen-bond acceptors (Lipinski definition) is 7. The minimum Gasteiger partial charge on any atom is -0.747 e. The van der Waals surface area contributed by atoms with Crippen LogP contribution in [0.3, 0.4) is 0 Å². The van der Waals surface area contributed by atoms with Gasteiger partial charge in [0.05, 0.1) is 0 Å². The molecule has 0 aliphatic rings. The summed E-state index contributed by atoms with van der Waals surface area (Å²) in [5.41, 5.74) is 0. The van der Waals surface area contributed by atoms with Crippen LogP contribution < -0.4 is 64.2 Å². The Morgan fingerprint density at radius 2 is 1.24 bits per heavy atom. The summed E-state index contributed by atoms with van der Waals surface area (Å²) in [5, 5.41) is 8.41. The number of ether oxygens (including phenoxy) is 1. The van der Waals surface area contributed by atoms with Gasteiger partial charge in [-0.3, -0.25) is 4.79 Å². The van der Waals surface area contributed by atoms with Gasteiger partial charge in [-0.2, -0.15) is 0 Å². The third kappa shape index (κ3) is 19.3. The zero-order valence-electron chi connectivity index (χ0n) is 18.6. The largest absolute Gasteiger partial charge is 1.00 e. The molecule has 0 aliphatic heterocycles. The first-order valence-corrected chi connectivity index (χ1v) is 11.5. The molecular weight excluding hydrogens is 418 g/mol. The van der Waals surface area contributed by atoms with Gasteiger partial charge < -0.3 is 19.2 Å². The van der Waals surface area contributed by atoms with Crippen LogP contribution in [0.5, 0.6) is 0 Å². The van der Waals surface area contributed by atoms with Crippen molar-refractivity contribution >= 4 is 22.1 Å². The van der Waals surface area contributed by atoms with Gasteiger partial charge in [0.1, 0.15) is 16.2 Å². The number of carbonyl (C=O) groups excluding carboxylic acids is 2. The Morgan fingerprint density at radius 1 is 0.828 bits per heavy atom. The molecule has 0 aromatic heterocycles. The van der Waals surface area contributed by atoms with E-state index in [2.05, 4.69) is 6.92 Å². The minimum absolute atomic E-state index is 0. The minimum atomic E-state index is -5.11. The Labute approximate surface area is 220 Å². The van der Waals surface area contributed by atoms with Crippen molar-refractivity contribution in [3.05, 3.63) is 0 Å². The van der Waals surface area contributed by atoms with E-state index in [1.807, 2.05) is 6.92 Å². The summed E-state index contributed by atoms with van der Waals surface area (Å²) >= 11 is 0. The molecule has 0 aliphatic carbocycles. The second-order valence-electron chi connectivity index (χ2n) is 7.02. The van der Waals surface area contributed by atoms with Crippen LogP contribution in [0.1, 0.15) is 97.3 Å². The van der Waals surface area contributed by atoms with Crippen LogP contribution in [0.4, 0.5) is 0 Å². The molecule has 0 N–H and O–H groups in total. The quantitative estimate of drug-likeness (QED) is 0.0979. The molecule has 0 fully saturated rings. The van der Waals surface area contributed by atoms with Gasteiger partial charge in [-0.15, -0.1) is 0 Å². The molecule has 2 atom stereocenters. The maximum absolute atomic E-state index is 12.1. The van der Waals surface area contributed by atoms with Crippen LogP contribution in [0.25, 0.3) is 0 Å². The van der Waals surface area contributed by atoms with E-state index in [0.29, 0.717) is 12.8 Å². The first-order valence-electron chi connectivity index (χ1n) is 10.1. The summed E-state index contributed by atoms with van der Waals surface area (Å²) in [6, 6.07) is 0. The normalized spacial score (nSPS) is 12.9. The molecular formula is C19H34Na2O7S. The summed E-state index contributed by atoms with van der Waals surface area (Å²) in [7, 11) is -5.11. The van der Waals surface area contributed by atoms with Gasteiger partial charge in [0.25, 0.3) is 0 Å². The van der Waals surface area contributed by atoms with E-state index in [1.165, 1.54) is 19.3 Å². The average Bonchev–Trinajstić information content (AvgIpc) is 2.57. The van der Waals surface area contributed by atoms with Gasteiger partial charge in [-0.25, -0.2) is 8.42 Å². The van der Waals surface area contributed by atoms with E-state index in [0.717, 1.165) is 44.9 Å². The molecule has 0 amide bonds. The predicted octanol–water partition coefficient (Wildman–Crippen LogP) is -3.32. The SMILES string of the molecule is CCCCCCCCCC(CCCCC)OC(=O)C(CC(=O)[O-])S(=O)(=O)[O-].[Na+].[Na+]. The molecule has 0 radical (unpaired) electrons. The van der Waals surface area contributed by atoms with Crippen LogP contribution in [0.2, 0.25) is 0 Å². The van der Waals surface area contributed by atoms with Crippen molar-refractivity contribution in [1.29, 1.82) is 0 Å². The Kier molecular flexibility index (Phi) is 24.6. The van der Waals surface area contributed by atoms with Crippen LogP contribution in [-0.2, 0) is 24.4 Å². The van der Waals surface area contributed by atoms with E-state index in [1.54, 1.807) is 0 Å². The molecule has 160 valence electrons. The number of carboxylic acid groups (broad SMARTS) is 1. The third-order valence-electron chi connectivity index (χ3n) is 4.51. The van der Waals surface area contributed by atoms with E-state index in [-0.39, 0.29) is 59.1 Å². The van der Waals surface area contributed by atoms with Crippen molar-refractivity contribution in [3.8, 4) is 0 Å². The van der Waals surface area contributed by atoms with Gasteiger partial charge in [-0.1, -0.05) is 65.2 Å². The smallest absolute Gasteiger partial charge is 0.747 e. The van der Waals surface area contributed by atoms with Gasteiger partial charge >= 0.3 is 65.1 Å². The molecule has 10 heteroatoms. The van der Waals surface area contributed by atoms with E-state index < -0.39 is 39.8 Å². The first kappa shape index (κ1) is 34.5. The van der Waals surface area contributed by atoms with Crippen LogP contribution in [0.15, 0.2) is 0 Å². The maximum Gasteiger partial charge on any atom is 1.00 e. The van der Waals surface area contributed by atoms with Gasteiger partial charge in [0.2, 0.25) is 0 Å². The van der Waals surface area contributed by atoms with Crippen molar-refractivity contribution < 1.29 is 91.5 Å². The van der Waals surface area contributed by atoms with Gasteiger partial charge in [0, 0.05) is 12.4 Å². The van der Waals surface area contributed by atoms with Gasteiger partial charge in [-0.05, 0) is 25.7 Å².